The van der Waals surface area contributed by atoms with Crippen LogP contribution in [0.2, 0.25) is 5.02 Å². The van der Waals surface area contributed by atoms with Gasteiger partial charge < -0.3 is 5.73 Å². The fourth-order valence-corrected chi connectivity index (χ4v) is 1.96. The van der Waals surface area contributed by atoms with Gasteiger partial charge in [0.15, 0.2) is 5.78 Å². The molecule has 0 saturated heterocycles. The minimum Gasteiger partial charge on any atom is -0.398 e. The summed E-state index contributed by atoms with van der Waals surface area (Å²) in [5.41, 5.74) is 7.98. The Balaban J connectivity index is 2.25. The number of hydrogen-bond acceptors (Lipinski definition) is 2. The molecule has 2 N–H and O–H groups in total. The van der Waals surface area contributed by atoms with E-state index in [1.807, 2.05) is 6.92 Å². The first-order valence-electron chi connectivity index (χ1n) is 5.80. The summed E-state index contributed by atoms with van der Waals surface area (Å²) in [6.07, 6.45) is -0.0328. The number of carbonyl (C=O) groups excluding carboxylic acids is 1. The van der Waals surface area contributed by atoms with E-state index in [-0.39, 0.29) is 17.8 Å². The van der Waals surface area contributed by atoms with E-state index in [1.165, 1.54) is 18.2 Å². The molecule has 98 valence electrons. The molecule has 19 heavy (non-hydrogen) atoms. The molecule has 0 radical (unpaired) electrons. The highest BCUT2D eigenvalue weighted by molar-refractivity contribution is 6.30. The number of Topliss-reactive ketones (excluding diaryl/α,β-unsaturated/α-hetero) is 1. The fraction of sp³-hybridized carbons (Fsp3) is 0.133. The van der Waals surface area contributed by atoms with Crippen molar-refractivity contribution in [3.05, 3.63) is 63.9 Å². The van der Waals surface area contributed by atoms with Crippen LogP contribution in [-0.4, -0.2) is 5.78 Å². The van der Waals surface area contributed by atoms with Crippen molar-refractivity contribution in [2.75, 3.05) is 5.73 Å². The second-order valence-corrected chi connectivity index (χ2v) is 4.84. The van der Waals surface area contributed by atoms with Gasteiger partial charge in [-0.25, -0.2) is 4.39 Å². The van der Waals surface area contributed by atoms with Crippen LogP contribution in [0, 0.1) is 12.7 Å². The van der Waals surface area contributed by atoms with Gasteiger partial charge in [-0.05, 0) is 42.3 Å². The SMILES string of the molecule is Cc1ccc(C(=O)Cc2cc(Cl)ccc2F)cc1N. The Morgan fingerprint density at radius 1 is 1.26 bits per heavy atom. The van der Waals surface area contributed by atoms with E-state index < -0.39 is 5.82 Å². The minimum absolute atomic E-state index is 0.0328. The highest BCUT2D eigenvalue weighted by atomic mass is 35.5. The molecule has 2 aromatic rings. The zero-order valence-electron chi connectivity index (χ0n) is 10.4. The highest BCUT2D eigenvalue weighted by Crippen LogP contribution is 2.19. The van der Waals surface area contributed by atoms with Gasteiger partial charge in [0.2, 0.25) is 0 Å². The van der Waals surface area contributed by atoms with Crippen molar-refractivity contribution in [3.8, 4) is 0 Å². The maximum absolute atomic E-state index is 13.6. The van der Waals surface area contributed by atoms with Crippen molar-refractivity contribution in [3.63, 3.8) is 0 Å². The van der Waals surface area contributed by atoms with Crippen molar-refractivity contribution in [2.45, 2.75) is 13.3 Å². The first kappa shape index (κ1) is 13.6. The molecule has 0 aliphatic rings. The Morgan fingerprint density at radius 3 is 2.68 bits per heavy atom. The van der Waals surface area contributed by atoms with E-state index in [0.717, 1.165) is 5.56 Å². The van der Waals surface area contributed by atoms with Gasteiger partial charge >= 0.3 is 0 Å². The van der Waals surface area contributed by atoms with Gasteiger partial charge in [-0.15, -0.1) is 0 Å². The van der Waals surface area contributed by atoms with Crippen LogP contribution >= 0.6 is 11.6 Å². The lowest BCUT2D eigenvalue weighted by atomic mass is 10.0. The third-order valence-electron chi connectivity index (χ3n) is 2.96. The van der Waals surface area contributed by atoms with Crippen LogP contribution in [0.4, 0.5) is 10.1 Å². The van der Waals surface area contributed by atoms with E-state index >= 15 is 0 Å². The largest absolute Gasteiger partial charge is 0.398 e. The lowest BCUT2D eigenvalue weighted by molar-refractivity contribution is 0.0992. The molecular formula is C15H13ClFNO. The molecule has 2 nitrogen and oxygen atoms in total. The number of nitrogen functional groups attached to an aromatic ring is 1. The summed E-state index contributed by atoms with van der Waals surface area (Å²) in [4.78, 5) is 12.1. The third kappa shape index (κ3) is 3.12. The number of ketones is 1. The molecular weight excluding hydrogens is 265 g/mol. The Kier molecular flexibility index (Phi) is 3.86. The summed E-state index contributed by atoms with van der Waals surface area (Å²) in [6.45, 7) is 1.86. The van der Waals surface area contributed by atoms with Crippen molar-refractivity contribution in [1.29, 1.82) is 0 Å². The maximum Gasteiger partial charge on any atom is 0.167 e. The van der Waals surface area contributed by atoms with Crippen molar-refractivity contribution >= 4 is 23.1 Å². The summed E-state index contributed by atoms with van der Waals surface area (Å²) in [6, 6.07) is 9.25. The van der Waals surface area contributed by atoms with E-state index in [0.29, 0.717) is 16.3 Å². The molecule has 2 aromatic carbocycles. The summed E-state index contributed by atoms with van der Waals surface area (Å²) in [7, 11) is 0. The summed E-state index contributed by atoms with van der Waals surface area (Å²) in [5.74, 6) is -0.620. The van der Waals surface area contributed by atoms with E-state index in [9.17, 15) is 9.18 Å². The predicted molar refractivity (Wildman–Crippen MR) is 75.0 cm³/mol. The fourth-order valence-electron chi connectivity index (χ4n) is 1.77. The van der Waals surface area contributed by atoms with Gasteiger partial charge in [0.25, 0.3) is 0 Å². The smallest absolute Gasteiger partial charge is 0.167 e. The number of nitrogens with two attached hydrogens (primary N) is 1. The Bertz CT molecular complexity index is 640. The predicted octanol–water partition coefficient (Wildman–Crippen LogP) is 3.80. The average molecular weight is 278 g/mol. The number of anilines is 1. The molecule has 0 saturated carbocycles. The lowest BCUT2D eigenvalue weighted by Gasteiger charge is -2.06. The van der Waals surface area contributed by atoms with Gasteiger partial charge in [0.05, 0.1) is 0 Å². The van der Waals surface area contributed by atoms with Gasteiger partial charge in [-0.2, -0.15) is 0 Å². The first-order valence-corrected chi connectivity index (χ1v) is 6.18. The number of aryl methyl sites for hydroxylation is 1. The molecule has 0 spiro atoms. The maximum atomic E-state index is 13.6. The van der Waals surface area contributed by atoms with Gasteiger partial charge in [-0.3, -0.25) is 4.79 Å². The molecule has 0 unspecified atom stereocenters. The van der Waals surface area contributed by atoms with Crippen molar-refractivity contribution < 1.29 is 9.18 Å². The van der Waals surface area contributed by atoms with Gasteiger partial charge in [0.1, 0.15) is 5.82 Å². The monoisotopic (exact) mass is 277 g/mol. The van der Waals surface area contributed by atoms with E-state index in [2.05, 4.69) is 0 Å². The molecule has 0 aliphatic carbocycles. The molecule has 0 aliphatic heterocycles. The molecule has 2 rings (SSSR count). The number of rotatable bonds is 3. The molecule has 0 bridgehead atoms. The molecule has 0 amide bonds. The van der Waals surface area contributed by atoms with Crippen LogP contribution < -0.4 is 5.73 Å². The van der Waals surface area contributed by atoms with Crippen LogP contribution in [0.25, 0.3) is 0 Å². The molecule has 0 aromatic heterocycles. The second-order valence-electron chi connectivity index (χ2n) is 4.41. The van der Waals surface area contributed by atoms with Gasteiger partial charge in [-0.1, -0.05) is 23.7 Å². The standard InChI is InChI=1S/C15H13ClFNO/c1-9-2-3-10(7-14(9)18)15(19)8-11-6-12(16)4-5-13(11)17/h2-7H,8,18H2,1H3. The molecule has 4 heteroatoms. The van der Waals surface area contributed by atoms with Crippen molar-refractivity contribution in [2.24, 2.45) is 0 Å². The minimum atomic E-state index is -0.433. The first-order chi connectivity index (χ1) is 8.97. The number of carbonyl (C=O) groups is 1. The molecule has 0 heterocycles. The second kappa shape index (κ2) is 5.41. The molecule has 0 fully saturated rings. The van der Waals surface area contributed by atoms with Crippen LogP contribution in [0.5, 0.6) is 0 Å². The third-order valence-corrected chi connectivity index (χ3v) is 3.20. The van der Waals surface area contributed by atoms with Crippen LogP contribution in [0.1, 0.15) is 21.5 Å². The molecule has 0 atom stereocenters. The number of halogens is 2. The summed E-state index contributed by atoms with van der Waals surface area (Å²) >= 11 is 5.79. The normalized spacial score (nSPS) is 10.5. The van der Waals surface area contributed by atoms with Crippen LogP contribution in [0.3, 0.4) is 0 Å². The average Bonchev–Trinajstić information content (AvgIpc) is 2.37. The number of hydrogen-bond donors (Lipinski definition) is 1. The van der Waals surface area contributed by atoms with E-state index in [1.54, 1.807) is 18.2 Å². The summed E-state index contributed by atoms with van der Waals surface area (Å²) < 4.78 is 13.6. The highest BCUT2D eigenvalue weighted by Gasteiger charge is 2.12. The van der Waals surface area contributed by atoms with Crippen molar-refractivity contribution in [1.82, 2.24) is 0 Å². The van der Waals surface area contributed by atoms with Crippen LogP contribution in [0.15, 0.2) is 36.4 Å². The Hall–Kier alpha value is -1.87. The zero-order chi connectivity index (χ0) is 14.0. The summed E-state index contributed by atoms with van der Waals surface area (Å²) in [5, 5.41) is 0.410. The number of benzene rings is 2. The quantitative estimate of drug-likeness (QED) is 0.685. The van der Waals surface area contributed by atoms with Crippen LogP contribution in [-0.2, 0) is 6.42 Å². The Labute approximate surface area is 116 Å². The lowest BCUT2D eigenvalue weighted by Crippen LogP contribution is -2.06. The van der Waals surface area contributed by atoms with E-state index in [4.69, 9.17) is 17.3 Å². The topological polar surface area (TPSA) is 43.1 Å². The van der Waals surface area contributed by atoms with Gasteiger partial charge in [0, 0.05) is 22.7 Å². The Morgan fingerprint density at radius 2 is 2.00 bits per heavy atom. The zero-order valence-corrected chi connectivity index (χ0v) is 11.2.